The molecule has 1 N–H and O–H groups in total. The first kappa shape index (κ1) is 13.0. The van der Waals surface area contributed by atoms with Crippen molar-refractivity contribution in [3.8, 4) is 5.82 Å². The molecule has 0 spiro atoms. The lowest BCUT2D eigenvalue weighted by molar-refractivity contribution is 0.102. The number of hydrogen-bond acceptors (Lipinski definition) is 4. The summed E-state index contributed by atoms with van der Waals surface area (Å²) in [6.45, 7) is 1.95. The van der Waals surface area contributed by atoms with E-state index in [0.29, 0.717) is 17.1 Å². The van der Waals surface area contributed by atoms with Gasteiger partial charge in [-0.05, 0) is 31.2 Å². The maximum Gasteiger partial charge on any atom is 0.255 e. The monoisotopic (exact) mass is 279 g/mol. The second kappa shape index (κ2) is 5.54. The van der Waals surface area contributed by atoms with Gasteiger partial charge in [-0.25, -0.2) is 4.98 Å². The minimum absolute atomic E-state index is 0.155. The molecular formula is C15H13N5O. The zero-order chi connectivity index (χ0) is 14.7. The van der Waals surface area contributed by atoms with E-state index < -0.39 is 0 Å². The molecule has 1 aromatic carbocycles. The number of amides is 1. The first-order chi connectivity index (χ1) is 10.2. The number of aryl methyl sites for hydroxylation is 1. The Labute approximate surface area is 121 Å². The van der Waals surface area contributed by atoms with E-state index in [4.69, 9.17) is 0 Å². The van der Waals surface area contributed by atoms with Crippen LogP contribution in [-0.4, -0.2) is 25.7 Å². The standard InChI is InChI=1S/C15H13N5O/c1-11-3-2-4-12(7-11)15(21)19-13-5-6-14(16-8-13)20-9-17-18-10-20/h2-10H,1H3,(H,19,21). The molecule has 0 unspecified atom stereocenters. The highest BCUT2D eigenvalue weighted by molar-refractivity contribution is 6.04. The van der Waals surface area contributed by atoms with Crippen molar-refractivity contribution in [3.63, 3.8) is 0 Å². The molecule has 3 rings (SSSR count). The van der Waals surface area contributed by atoms with Gasteiger partial charge in [-0.2, -0.15) is 0 Å². The van der Waals surface area contributed by atoms with Gasteiger partial charge >= 0.3 is 0 Å². The van der Waals surface area contributed by atoms with E-state index in [1.807, 2.05) is 25.1 Å². The second-order valence-corrected chi connectivity index (χ2v) is 4.60. The van der Waals surface area contributed by atoms with Crippen LogP contribution in [0.5, 0.6) is 0 Å². The molecule has 6 nitrogen and oxygen atoms in total. The molecule has 0 aliphatic heterocycles. The van der Waals surface area contributed by atoms with E-state index in [9.17, 15) is 4.79 Å². The summed E-state index contributed by atoms with van der Waals surface area (Å²) in [5, 5.41) is 10.3. The van der Waals surface area contributed by atoms with Crippen LogP contribution in [0.25, 0.3) is 5.82 Å². The summed E-state index contributed by atoms with van der Waals surface area (Å²) in [5.41, 5.74) is 2.31. The molecule has 0 radical (unpaired) electrons. The quantitative estimate of drug-likeness (QED) is 0.798. The average molecular weight is 279 g/mol. The van der Waals surface area contributed by atoms with Crippen molar-refractivity contribution in [2.24, 2.45) is 0 Å². The van der Waals surface area contributed by atoms with Crippen molar-refractivity contribution in [3.05, 3.63) is 66.4 Å². The molecule has 0 saturated heterocycles. The number of rotatable bonds is 3. The van der Waals surface area contributed by atoms with Gasteiger partial charge in [-0.15, -0.1) is 10.2 Å². The number of nitrogens with one attached hydrogen (secondary N) is 1. The zero-order valence-electron chi connectivity index (χ0n) is 11.4. The predicted octanol–water partition coefficient (Wildman–Crippen LogP) is 2.22. The highest BCUT2D eigenvalue weighted by Gasteiger charge is 2.06. The molecule has 3 aromatic rings. The van der Waals surface area contributed by atoms with Gasteiger partial charge in [0.15, 0.2) is 0 Å². The van der Waals surface area contributed by atoms with Gasteiger partial charge in [0.05, 0.1) is 11.9 Å². The fraction of sp³-hybridized carbons (Fsp3) is 0.0667. The molecular weight excluding hydrogens is 266 g/mol. The fourth-order valence-corrected chi connectivity index (χ4v) is 1.92. The summed E-state index contributed by atoms with van der Waals surface area (Å²) >= 11 is 0. The van der Waals surface area contributed by atoms with Gasteiger partial charge in [-0.1, -0.05) is 17.7 Å². The molecule has 0 atom stereocenters. The Morgan fingerprint density at radius 2 is 1.95 bits per heavy atom. The Kier molecular flexibility index (Phi) is 3.42. The van der Waals surface area contributed by atoms with Crippen LogP contribution in [0.2, 0.25) is 0 Å². The van der Waals surface area contributed by atoms with Crippen LogP contribution in [0.3, 0.4) is 0 Å². The van der Waals surface area contributed by atoms with Crippen molar-refractivity contribution in [2.75, 3.05) is 5.32 Å². The number of anilines is 1. The van der Waals surface area contributed by atoms with Crippen LogP contribution in [0.15, 0.2) is 55.2 Å². The normalized spacial score (nSPS) is 10.3. The van der Waals surface area contributed by atoms with Gasteiger partial charge in [0, 0.05) is 5.56 Å². The second-order valence-electron chi connectivity index (χ2n) is 4.60. The number of nitrogens with zero attached hydrogens (tertiary/aromatic N) is 4. The third-order valence-electron chi connectivity index (χ3n) is 2.97. The minimum atomic E-state index is -0.155. The van der Waals surface area contributed by atoms with E-state index in [0.717, 1.165) is 5.56 Å². The van der Waals surface area contributed by atoms with Crippen molar-refractivity contribution < 1.29 is 4.79 Å². The van der Waals surface area contributed by atoms with Crippen LogP contribution in [0.1, 0.15) is 15.9 Å². The summed E-state index contributed by atoms with van der Waals surface area (Å²) in [7, 11) is 0. The lowest BCUT2D eigenvalue weighted by Crippen LogP contribution is -2.12. The maximum absolute atomic E-state index is 12.1. The number of pyridine rings is 1. The van der Waals surface area contributed by atoms with Crippen LogP contribution >= 0.6 is 0 Å². The van der Waals surface area contributed by atoms with E-state index in [2.05, 4.69) is 20.5 Å². The van der Waals surface area contributed by atoms with E-state index in [1.54, 1.807) is 41.6 Å². The number of benzene rings is 1. The number of carbonyl (C=O) groups is 1. The molecule has 0 aliphatic rings. The number of hydrogen-bond donors (Lipinski definition) is 1. The summed E-state index contributed by atoms with van der Waals surface area (Å²) in [5.74, 6) is 0.533. The fourth-order valence-electron chi connectivity index (χ4n) is 1.92. The highest BCUT2D eigenvalue weighted by Crippen LogP contribution is 2.11. The largest absolute Gasteiger partial charge is 0.321 e. The first-order valence-electron chi connectivity index (χ1n) is 6.41. The molecule has 0 aliphatic carbocycles. The average Bonchev–Trinajstić information content (AvgIpc) is 3.02. The van der Waals surface area contributed by atoms with Crippen LogP contribution in [-0.2, 0) is 0 Å². The Morgan fingerprint density at radius 1 is 1.14 bits per heavy atom. The highest BCUT2D eigenvalue weighted by atomic mass is 16.1. The minimum Gasteiger partial charge on any atom is -0.321 e. The van der Waals surface area contributed by atoms with Crippen molar-refractivity contribution in [2.45, 2.75) is 6.92 Å². The molecule has 6 heteroatoms. The van der Waals surface area contributed by atoms with E-state index >= 15 is 0 Å². The van der Waals surface area contributed by atoms with Gasteiger partial charge in [0.2, 0.25) is 0 Å². The number of carbonyl (C=O) groups excluding carboxylic acids is 1. The molecule has 2 heterocycles. The third-order valence-corrected chi connectivity index (χ3v) is 2.97. The summed E-state index contributed by atoms with van der Waals surface area (Å²) in [6, 6.07) is 11.0. The zero-order valence-corrected chi connectivity index (χ0v) is 11.4. The van der Waals surface area contributed by atoms with Crippen LogP contribution in [0, 0.1) is 6.92 Å². The van der Waals surface area contributed by atoms with Gasteiger partial charge < -0.3 is 5.32 Å². The lowest BCUT2D eigenvalue weighted by atomic mass is 10.1. The lowest BCUT2D eigenvalue weighted by Gasteiger charge is -2.06. The predicted molar refractivity (Wildman–Crippen MR) is 78.3 cm³/mol. The van der Waals surface area contributed by atoms with Gasteiger partial charge in [-0.3, -0.25) is 9.36 Å². The summed E-state index contributed by atoms with van der Waals surface area (Å²) < 4.78 is 1.69. The summed E-state index contributed by atoms with van der Waals surface area (Å²) in [4.78, 5) is 16.4. The Hall–Kier alpha value is -3.02. The van der Waals surface area contributed by atoms with Crippen LogP contribution in [0.4, 0.5) is 5.69 Å². The first-order valence-corrected chi connectivity index (χ1v) is 6.41. The molecule has 21 heavy (non-hydrogen) atoms. The maximum atomic E-state index is 12.1. The topological polar surface area (TPSA) is 72.7 Å². The Bertz CT molecular complexity index is 750. The molecule has 2 aromatic heterocycles. The van der Waals surface area contributed by atoms with Crippen molar-refractivity contribution >= 4 is 11.6 Å². The molecule has 0 fully saturated rings. The molecule has 0 bridgehead atoms. The van der Waals surface area contributed by atoms with E-state index in [1.165, 1.54) is 0 Å². The Balaban J connectivity index is 1.75. The Morgan fingerprint density at radius 3 is 2.62 bits per heavy atom. The third kappa shape index (κ3) is 2.94. The van der Waals surface area contributed by atoms with Crippen molar-refractivity contribution in [1.82, 2.24) is 19.7 Å². The summed E-state index contributed by atoms with van der Waals surface area (Å²) in [6.07, 6.45) is 4.73. The van der Waals surface area contributed by atoms with Crippen molar-refractivity contribution in [1.29, 1.82) is 0 Å². The molecule has 0 saturated carbocycles. The SMILES string of the molecule is Cc1cccc(C(=O)Nc2ccc(-n3cnnc3)nc2)c1. The van der Waals surface area contributed by atoms with Crippen LogP contribution < -0.4 is 5.32 Å². The number of aromatic nitrogens is 4. The molecule has 104 valence electrons. The van der Waals surface area contributed by atoms with Gasteiger partial charge in [0.25, 0.3) is 5.91 Å². The van der Waals surface area contributed by atoms with Gasteiger partial charge in [0.1, 0.15) is 18.5 Å². The smallest absolute Gasteiger partial charge is 0.255 e. The van der Waals surface area contributed by atoms with E-state index in [-0.39, 0.29) is 5.91 Å². The molecule has 1 amide bonds.